The van der Waals surface area contributed by atoms with Gasteiger partial charge in [0, 0.05) is 12.4 Å². The van der Waals surface area contributed by atoms with E-state index in [9.17, 15) is 9.18 Å². The fourth-order valence-electron chi connectivity index (χ4n) is 2.99. The molecule has 4 aromatic rings. The largest absolute Gasteiger partial charge is 0.382 e. The molecular formula is C21H17FN8O. The molecule has 3 heterocycles. The fourth-order valence-corrected chi connectivity index (χ4v) is 2.99. The van der Waals surface area contributed by atoms with Crippen molar-refractivity contribution in [2.45, 2.75) is 19.9 Å². The van der Waals surface area contributed by atoms with E-state index in [0.717, 1.165) is 0 Å². The molecule has 1 aromatic carbocycles. The maximum Gasteiger partial charge on any atom is 0.259 e. The number of aromatic amines is 1. The Kier molecular flexibility index (Phi) is 5.24. The summed E-state index contributed by atoms with van der Waals surface area (Å²) in [5.74, 6) is 5.93. The molecule has 3 aromatic heterocycles. The number of hydrogen-bond donors (Lipinski definition) is 3. The van der Waals surface area contributed by atoms with E-state index in [0.29, 0.717) is 22.6 Å². The summed E-state index contributed by atoms with van der Waals surface area (Å²) in [5, 5.41) is 3.33. The molecule has 1 atom stereocenters. The van der Waals surface area contributed by atoms with Gasteiger partial charge in [-0.1, -0.05) is 12.0 Å². The van der Waals surface area contributed by atoms with Crippen LogP contribution in [0, 0.1) is 24.6 Å². The SMILES string of the molecule is Cc1ccc(F)c2nc(C(C)Nc3ncnc(N)c3C#Cc3cnccn3)[nH]c(=O)c12. The maximum absolute atomic E-state index is 14.3. The van der Waals surface area contributed by atoms with Crippen molar-refractivity contribution in [2.24, 2.45) is 0 Å². The molecule has 4 N–H and O–H groups in total. The zero-order chi connectivity index (χ0) is 22.0. The van der Waals surface area contributed by atoms with Gasteiger partial charge in [0.2, 0.25) is 0 Å². The van der Waals surface area contributed by atoms with Gasteiger partial charge >= 0.3 is 0 Å². The molecule has 0 bridgehead atoms. The van der Waals surface area contributed by atoms with Crippen molar-refractivity contribution in [3.8, 4) is 11.8 Å². The fraction of sp³-hybridized carbons (Fsp3) is 0.143. The predicted octanol–water partition coefficient (Wildman–Crippen LogP) is 2.11. The number of hydrogen-bond acceptors (Lipinski definition) is 8. The average molecular weight is 416 g/mol. The Morgan fingerprint density at radius 2 is 2.03 bits per heavy atom. The number of H-pyrrole nitrogens is 1. The molecule has 0 fully saturated rings. The van der Waals surface area contributed by atoms with E-state index in [1.165, 1.54) is 24.8 Å². The van der Waals surface area contributed by atoms with Crippen molar-refractivity contribution in [1.29, 1.82) is 0 Å². The van der Waals surface area contributed by atoms with Gasteiger partial charge in [-0.2, -0.15) is 0 Å². The van der Waals surface area contributed by atoms with Gasteiger partial charge in [-0.25, -0.2) is 24.3 Å². The van der Waals surface area contributed by atoms with E-state index in [-0.39, 0.29) is 22.5 Å². The first kappa shape index (κ1) is 19.9. The number of anilines is 2. The van der Waals surface area contributed by atoms with Crippen molar-refractivity contribution in [3.05, 3.63) is 75.9 Å². The lowest BCUT2D eigenvalue weighted by molar-refractivity contribution is 0.634. The molecule has 10 heteroatoms. The lowest BCUT2D eigenvalue weighted by Crippen LogP contribution is -2.20. The Balaban J connectivity index is 1.71. The Morgan fingerprint density at radius 3 is 2.81 bits per heavy atom. The smallest absolute Gasteiger partial charge is 0.259 e. The number of benzene rings is 1. The standard InChI is InChI=1S/C21H17FN8O/c1-11-3-6-15(22)17-16(11)21(31)30-19(29-17)12(2)28-20-14(18(23)26-10-27-20)5-4-13-9-24-7-8-25-13/h3,6-10,12H,1-2H3,(H,29,30,31)(H3,23,26,27,28). The Hall–Kier alpha value is -4.39. The van der Waals surface area contributed by atoms with Gasteiger partial charge < -0.3 is 16.0 Å². The second-order valence-corrected chi connectivity index (χ2v) is 6.73. The normalized spacial score (nSPS) is 11.6. The molecule has 154 valence electrons. The summed E-state index contributed by atoms with van der Waals surface area (Å²) in [7, 11) is 0. The topological polar surface area (TPSA) is 135 Å². The minimum absolute atomic E-state index is 0.0114. The van der Waals surface area contributed by atoms with Crippen molar-refractivity contribution in [2.75, 3.05) is 11.1 Å². The highest BCUT2D eigenvalue weighted by Crippen LogP contribution is 2.22. The lowest BCUT2D eigenvalue weighted by atomic mass is 10.1. The van der Waals surface area contributed by atoms with Crippen LogP contribution in [0.1, 0.15) is 35.6 Å². The summed E-state index contributed by atoms with van der Waals surface area (Å²) in [4.78, 5) is 35.8. The van der Waals surface area contributed by atoms with Crippen molar-refractivity contribution in [3.63, 3.8) is 0 Å². The van der Waals surface area contributed by atoms with Crippen LogP contribution in [0.4, 0.5) is 16.0 Å². The third kappa shape index (κ3) is 4.02. The highest BCUT2D eigenvalue weighted by molar-refractivity contribution is 5.81. The van der Waals surface area contributed by atoms with Crippen molar-refractivity contribution in [1.82, 2.24) is 29.9 Å². The number of aromatic nitrogens is 6. The summed E-state index contributed by atoms with van der Waals surface area (Å²) in [6.07, 6.45) is 5.88. The predicted molar refractivity (Wildman–Crippen MR) is 114 cm³/mol. The second-order valence-electron chi connectivity index (χ2n) is 6.73. The van der Waals surface area contributed by atoms with Crippen LogP contribution >= 0.6 is 0 Å². The number of rotatable bonds is 3. The lowest BCUT2D eigenvalue weighted by Gasteiger charge is -2.16. The first-order valence-electron chi connectivity index (χ1n) is 9.28. The summed E-state index contributed by atoms with van der Waals surface area (Å²) in [5.41, 5.74) is 7.02. The first-order chi connectivity index (χ1) is 14.9. The maximum atomic E-state index is 14.3. The summed E-state index contributed by atoms with van der Waals surface area (Å²) in [6, 6.07) is 2.29. The molecule has 0 spiro atoms. The van der Waals surface area contributed by atoms with E-state index < -0.39 is 17.4 Å². The van der Waals surface area contributed by atoms with E-state index in [4.69, 9.17) is 5.73 Å². The van der Waals surface area contributed by atoms with E-state index >= 15 is 0 Å². The number of nitrogens with one attached hydrogen (secondary N) is 2. The minimum atomic E-state index is -0.568. The summed E-state index contributed by atoms with van der Waals surface area (Å²) in [6.45, 7) is 3.47. The molecule has 4 rings (SSSR count). The van der Waals surface area contributed by atoms with Gasteiger partial charge in [-0.15, -0.1) is 0 Å². The number of aryl methyl sites for hydroxylation is 1. The first-order valence-corrected chi connectivity index (χ1v) is 9.28. The van der Waals surface area contributed by atoms with Gasteiger partial charge in [0.25, 0.3) is 5.56 Å². The van der Waals surface area contributed by atoms with Crippen LogP contribution in [0.2, 0.25) is 0 Å². The molecule has 0 aliphatic carbocycles. The van der Waals surface area contributed by atoms with Gasteiger partial charge in [-0.05, 0) is 31.4 Å². The van der Waals surface area contributed by atoms with E-state index in [2.05, 4.69) is 47.1 Å². The minimum Gasteiger partial charge on any atom is -0.382 e. The number of fused-ring (bicyclic) bond motifs is 1. The van der Waals surface area contributed by atoms with Crippen LogP contribution < -0.4 is 16.6 Å². The van der Waals surface area contributed by atoms with Gasteiger partial charge in [0.05, 0.1) is 17.6 Å². The Labute approximate surface area is 176 Å². The van der Waals surface area contributed by atoms with Crippen LogP contribution in [-0.2, 0) is 0 Å². The number of nitrogens with two attached hydrogens (primary N) is 1. The zero-order valence-electron chi connectivity index (χ0n) is 16.6. The summed E-state index contributed by atoms with van der Waals surface area (Å²) < 4.78 is 14.3. The van der Waals surface area contributed by atoms with Gasteiger partial charge in [0.1, 0.15) is 46.4 Å². The molecule has 0 amide bonds. The highest BCUT2D eigenvalue weighted by atomic mass is 19.1. The molecule has 0 saturated carbocycles. The molecule has 0 aliphatic rings. The van der Waals surface area contributed by atoms with Crippen LogP contribution in [0.25, 0.3) is 10.9 Å². The Bertz CT molecular complexity index is 1390. The Morgan fingerprint density at radius 1 is 1.19 bits per heavy atom. The quantitative estimate of drug-likeness (QED) is 0.432. The molecule has 9 nitrogen and oxygen atoms in total. The molecule has 0 aliphatic heterocycles. The van der Waals surface area contributed by atoms with Gasteiger partial charge in [0.15, 0.2) is 0 Å². The monoisotopic (exact) mass is 416 g/mol. The third-order valence-corrected chi connectivity index (χ3v) is 4.56. The summed E-state index contributed by atoms with van der Waals surface area (Å²) >= 11 is 0. The number of halogens is 1. The molecular weight excluding hydrogens is 399 g/mol. The number of nitrogens with zero attached hydrogens (tertiary/aromatic N) is 5. The van der Waals surface area contributed by atoms with Crippen LogP contribution in [-0.4, -0.2) is 29.9 Å². The zero-order valence-corrected chi connectivity index (χ0v) is 16.6. The van der Waals surface area contributed by atoms with E-state index in [1.807, 2.05) is 0 Å². The van der Waals surface area contributed by atoms with Crippen LogP contribution in [0.3, 0.4) is 0 Å². The third-order valence-electron chi connectivity index (χ3n) is 4.56. The van der Waals surface area contributed by atoms with Gasteiger partial charge in [-0.3, -0.25) is 9.78 Å². The molecule has 1 unspecified atom stereocenters. The second kappa shape index (κ2) is 8.16. The molecule has 0 radical (unpaired) electrons. The van der Waals surface area contributed by atoms with Crippen LogP contribution in [0.5, 0.6) is 0 Å². The average Bonchev–Trinajstić information content (AvgIpc) is 2.76. The van der Waals surface area contributed by atoms with Crippen molar-refractivity contribution < 1.29 is 4.39 Å². The van der Waals surface area contributed by atoms with E-state index in [1.54, 1.807) is 26.1 Å². The highest BCUT2D eigenvalue weighted by Gasteiger charge is 2.17. The van der Waals surface area contributed by atoms with Crippen molar-refractivity contribution >= 4 is 22.5 Å². The van der Waals surface area contributed by atoms with Crippen LogP contribution in [0.15, 0.2) is 41.8 Å². The molecule has 31 heavy (non-hydrogen) atoms. The number of nitrogen functional groups attached to an aromatic ring is 1. The molecule has 0 saturated heterocycles.